The molecule has 1 aromatic rings. The van der Waals surface area contributed by atoms with Crippen LogP contribution in [0.15, 0.2) is 29.4 Å². The van der Waals surface area contributed by atoms with E-state index in [9.17, 15) is 4.39 Å². The van der Waals surface area contributed by atoms with Crippen LogP contribution in [0.25, 0.3) is 0 Å². The van der Waals surface area contributed by atoms with E-state index in [4.69, 9.17) is 17.0 Å². The molecule has 1 aliphatic heterocycles. The van der Waals surface area contributed by atoms with Gasteiger partial charge in [-0.25, -0.2) is 4.39 Å². The first-order valence-electron chi connectivity index (χ1n) is 7.85. The Morgan fingerprint density at radius 3 is 2.65 bits per heavy atom. The summed E-state index contributed by atoms with van der Waals surface area (Å²) < 4.78 is 18.3. The lowest BCUT2D eigenvalue weighted by Gasteiger charge is -2.26. The van der Waals surface area contributed by atoms with Crippen molar-refractivity contribution in [1.82, 2.24) is 15.6 Å². The fourth-order valence-corrected chi connectivity index (χ4v) is 2.45. The Hall–Kier alpha value is -1.57. The van der Waals surface area contributed by atoms with E-state index in [1.54, 1.807) is 12.1 Å². The Balaban J connectivity index is 1.75. The zero-order valence-electron chi connectivity index (χ0n) is 13.3. The molecule has 0 saturated carbocycles. The topological polar surface area (TPSA) is 48.9 Å². The molecular weight excluding hydrogens is 315 g/mol. The van der Waals surface area contributed by atoms with Gasteiger partial charge in [-0.1, -0.05) is 19.1 Å². The molecule has 0 bridgehead atoms. The predicted octanol–water partition coefficient (Wildman–Crippen LogP) is 1.74. The normalized spacial score (nSPS) is 16.2. The number of thiocarbonyl (C=S) groups is 1. The van der Waals surface area contributed by atoms with Gasteiger partial charge in [0.1, 0.15) is 5.82 Å². The van der Waals surface area contributed by atoms with Crippen molar-refractivity contribution in [3.05, 3.63) is 35.6 Å². The minimum atomic E-state index is -0.252. The monoisotopic (exact) mass is 338 g/mol. The number of benzene rings is 1. The van der Waals surface area contributed by atoms with Crippen molar-refractivity contribution >= 4 is 23.0 Å². The number of nitrogens with zero attached hydrogens (tertiary/aromatic N) is 2. The molecule has 1 heterocycles. The predicted molar refractivity (Wildman–Crippen MR) is 94.2 cm³/mol. The summed E-state index contributed by atoms with van der Waals surface area (Å²) in [7, 11) is 0. The van der Waals surface area contributed by atoms with Gasteiger partial charge in [0, 0.05) is 26.2 Å². The maximum absolute atomic E-state index is 13.0. The summed E-state index contributed by atoms with van der Waals surface area (Å²) in [6.45, 7) is 7.20. The molecule has 2 N–H and O–H groups in total. The second-order valence-electron chi connectivity index (χ2n) is 5.24. The molecule has 0 aliphatic carbocycles. The highest BCUT2D eigenvalue weighted by atomic mass is 32.1. The van der Waals surface area contributed by atoms with Crippen molar-refractivity contribution in [2.75, 3.05) is 39.4 Å². The highest BCUT2D eigenvalue weighted by molar-refractivity contribution is 7.80. The maximum Gasteiger partial charge on any atom is 0.187 e. The minimum absolute atomic E-state index is 0.252. The second-order valence-corrected chi connectivity index (χ2v) is 5.65. The molecule has 1 fully saturated rings. The average molecular weight is 338 g/mol. The lowest BCUT2D eigenvalue weighted by Crippen LogP contribution is -2.43. The number of hydrogen-bond acceptors (Lipinski definition) is 4. The Morgan fingerprint density at radius 1 is 1.30 bits per heavy atom. The van der Waals surface area contributed by atoms with Crippen LogP contribution in [0.1, 0.15) is 18.9 Å². The summed E-state index contributed by atoms with van der Waals surface area (Å²) in [5.74, 6) is -0.252. The number of ether oxygens (including phenoxy) is 1. The van der Waals surface area contributed by atoms with Crippen LogP contribution in [-0.4, -0.2) is 55.1 Å². The smallest absolute Gasteiger partial charge is 0.187 e. The first-order chi connectivity index (χ1) is 11.2. The minimum Gasteiger partial charge on any atom is -0.379 e. The van der Waals surface area contributed by atoms with Gasteiger partial charge in [0.25, 0.3) is 0 Å². The summed E-state index contributed by atoms with van der Waals surface area (Å²) in [6, 6.07) is 6.29. The van der Waals surface area contributed by atoms with E-state index >= 15 is 0 Å². The molecule has 0 radical (unpaired) electrons. The first kappa shape index (κ1) is 17.8. The molecular formula is C16H23FN4OS. The maximum atomic E-state index is 13.0. The van der Waals surface area contributed by atoms with E-state index < -0.39 is 0 Å². The molecule has 0 atom stereocenters. The molecule has 1 aliphatic rings. The van der Waals surface area contributed by atoms with Crippen molar-refractivity contribution in [3.63, 3.8) is 0 Å². The van der Waals surface area contributed by atoms with Crippen LogP contribution in [0.2, 0.25) is 0 Å². The zero-order valence-corrected chi connectivity index (χ0v) is 14.2. The lowest BCUT2D eigenvalue weighted by molar-refractivity contribution is 0.0389. The van der Waals surface area contributed by atoms with E-state index in [1.807, 2.05) is 6.92 Å². The number of halogens is 1. The molecule has 1 saturated heterocycles. The first-order valence-corrected chi connectivity index (χ1v) is 8.26. The van der Waals surface area contributed by atoms with Gasteiger partial charge in [0.05, 0.1) is 18.9 Å². The van der Waals surface area contributed by atoms with E-state index in [0.717, 1.165) is 57.1 Å². The number of hydrogen-bond donors (Lipinski definition) is 2. The summed E-state index contributed by atoms with van der Waals surface area (Å²) in [4.78, 5) is 2.33. The summed E-state index contributed by atoms with van der Waals surface area (Å²) >= 11 is 5.23. The lowest BCUT2D eigenvalue weighted by atomic mass is 10.1. The third-order valence-corrected chi connectivity index (χ3v) is 3.86. The van der Waals surface area contributed by atoms with Crippen molar-refractivity contribution in [2.24, 2.45) is 5.10 Å². The Morgan fingerprint density at radius 2 is 2.00 bits per heavy atom. The van der Waals surface area contributed by atoms with E-state index in [-0.39, 0.29) is 5.82 Å². The van der Waals surface area contributed by atoms with Gasteiger partial charge in [-0.3, -0.25) is 10.3 Å². The van der Waals surface area contributed by atoms with Crippen molar-refractivity contribution in [3.8, 4) is 0 Å². The molecule has 0 unspecified atom stereocenters. The van der Waals surface area contributed by atoms with Gasteiger partial charge in [-0.05, 0) is 36.3 Å². The highest BCUT2D eigenvalue weighted by Gasteiger charge is 2.09. The molecule has 23 heavy (non-hydrogen) atoms. The molecule has 2 rings (SSSR count). The largest absolute Gasteiger partial charge is 0.379 e. The molecule has 0 amide bonds. The van der Waals surface area contributed by atoms with Crippen molar-refractivity contribution < 1.29 is 9.13 Å². The SMILES string of the molecule is CC/C(=N\NC(=S)NCCN1CCOCC1)c1ccc(F)cc1. The van der Waals surface area contributed by atoms with Gasteiger partial charge in [0.15, 0.2) is 5.11 Å². The van der Waals surface area contributed by atoms with E-state index in [2.05, 4.69) is 20.7 Å². The molecule has 5 nitrogen and oxygen atoms in total. The van der Waals surface area contributed by atoms with Crippen LogP contribution in [0.5, 0.6) is 0 Å². The van der Waals surface area contributed by atoms with Crippen molar-refractivity contribution in [1.29, 1.82) is 0 Å². The summed E-state index contributed by atoms with van der Waals surface area (Å²) in [5, 5.41) is 7.95. The van der Waals surface area contributed by atoms with E-state index in [1.165, 1.54) is 12.1 Å². The third-order valence-electron chi connectivity index (χ3n) is 3.62. The Labute approximate surface area is 141 Å². The van der Waals surface area contributed by atoms with E-state index in [0.29, 0.717) is 5.11 Å². The second kappa shape index (κ2) is 9.54. The van der Waals surface area contributed by atoms with Crippen LogP contribution >= 0.6 is 12.2 Å². The van der Waals surface area contributed by atoms with Crippen molar-refractivity contribution in [2.45, 2.75) is 13.3 Å². The highest BCUT2D eigenvalue weighted by Crippen LogP contribution is 2.06. The fraction of sp³-hybridized carbons (Fsp3) is 0.500. The molecule has 0 spiro atoms. The van der Waals surface area contributed by atoms with Gasteiger partial charge >= 0.3 is 0 Å². The van der Waals surface area contributed by atoms with Crippen LogP contribution in [-0.2, 0) is 4.74 Å². The molecule has 1 aromatic carbocycles. The van der Waals surface area contributed by atoms with Gasteiger partial charge < -0.3 is 10.1 Å². The molecule has 7 heteroatoms. The van der Waals surface area contributed by atoms with Gasteiger partial charge in [-0.2, -0.15) is 5.10 Å². The van der Waals surface area contributed by atoms with Gasteiger partial charge in [0.2, 0.25) is 0 Å². The van der Waals surface area contributed by atoms with Gasteiger partial charge in [-0.15, -0.1) is 0 Å². The summed E-state index contributed by atoms with van der Waals surface area (Å²) in [5.41, 5.74) is 4.58. The Kier molecular flexibility index (Phi) is 7.38. The van der Waals surface area contributed by atoms with Crippen LogP contribution in [0.3, 0.4) is 0 Å². The number of morpholine rings is 1. The average Bonchev–Trinajstić information content (AvgIpc) is 2.58. The molecule has 126 valence electrons. The van der Waals surface area contributed by atoms with Crippen LogP contribution < -0.4 is 10.7 Å². The zero-order chi connectivity index (χ0) is 16.5. The molecule has 0 aromatic heterocycles. The van der Waals surface area contributed by atoms with Crippen LogP contribution in [0.4, 0.5) is 4.39 Å². The van der Waals surface area contributed by atoms with Crippen LogP contribution in [0, 0.1) is 5.82 Å². The summed E-state index contributed by atoms with van der Waals surface area (Å²) in [6.07, 6.45) is 0.731. The number of hydrazone groups is 1. The fourth-order valence-electron chi connectivity index (χ4n) is 2.30. The standard InChI is InChI=1S/C16H23FN4OS/c1-2-15(13-3-5-14(17)6-4-13)19-20-16(23)18-7-8-21-9-11-22-12-10-21/h3-6H,2,7-12H2,1H3,(H2,18,20,23)/b19-15+. The third kappa shape index (κ3) is 6.21. The number of rotatable bonds is 6. The number of nitrogens with one attached hydrogen (secondary N) is 2. The quantitative estimate of drug-likeness (QED) is 0.470. The Bertz CT molecular complexity index is 529.